The Morgan fingerprint density at radius 1 is 0.930 bits per heavy atom. The van der Waals surface area contributed by atoms with Gasteiger partial charge in [-0.1, -0.05) is 54.6 Å². The molecule has 0 spiro atoms. The van der Waals surface area contributed by atoms with E-state index in [4.69, 9.17) is 4.74 Å². The van der Waals surface area contributed by atoms with E-state index >= 15 is 0 Å². The van der Waals surface area contributed by atoms with Crippen LogP contribution in [-0.2, 0) is 16.8 Å². The molecular formula is C36H32N4O3. The fourth-order valence-corrected chi connectivity index (χ4v) is 9.00. The first kappa shape index (κ1) is 24.9. The lowest BCUT2D eigenvalue weighted by Gasteiger charge is -2.51. The van der Waals surface area contributed by atoms with Crippen molar-refractivity contribution in [3.63, 3.8) is 0 Å². The summed E-state index contributed by atoms with van der Waals surface area (Å²) in [6.07, 6.45) is 1.31. The monoisotopic (exact) mass is 568 g/mol. The van der Waals surface area contributed by atoms with Crippen molar-refractivity contribution < 1.29 is 14.3 Å². The highest BCUT2D eigenvalue weighted by Gasteiger charge is 2.53. The largest absolute Gasteiger partial charge is 0.377 e. The van der Waals surface area contributed by atoms with Crippen molar-refractivity contribution in [1.82, 2.24) is 19.4 Å². The lowest BCUT2D eigenvalue weighted by Crippen LogP contribution is -2.60. The predicted molar refractivity (Wildman–Crippen MR) is 169 cm³/mol. The SMILES string of the molecule is COC1C(N(C)C(=O)c2ccccc2)CC2CC1(C)n1c3ccccc3c3c4c(c5c6ccccc6n2c5c31)C(=O)NC4. The molecule has 1 aliphatic carbocycles. The van der Waals surface area contributed by atoms with Crippen molar-refractivity contribution in [2.24, 2.45) is 0 Å². The molecule has 2 aliphatic heterocycles. The van der Waals surface area contributed by atoms with Gasteiger partial charge in [0.25, 0.3) is 11.8 Å². The van der Waals surface area contributed by atoms with E-state index in [1.165, 1.54) is 0 Å². The van der Waals surface area contributed by atoms with E-state index in [0.29, 0.717) is 12.1 Å². The maximum absolute atomic E-state index is 13.9. The van der Waals surface area contributed by atoms with Crippen LogP contribution in [-0.4, -0.2) is 52.2 Å². The molecule has 9 rings (SSSR count). The molecule has 0 saturated heterocycles. The fourth-order valence-electron chi connectivity index (χ4n) is 9.00. The van der Waals surface area contributed by atoms with Gasteiger partial charge in [0.2, 0.25) is 0 Å². The van der Waals surface area contributed by atoms with Gasteiger partial charge in [-0.3, -0.25) is 9.59 Å². The quantitative estimate of drug-likeness (QED) is 0.270. The molecule has 4 aromatic carbocycles. The molecule has 7 heteroatoms. The number of para-hydroxylation sites is 2. The first-order valence-electron chi connectivity index (χ1n) is 15.1. The number of carbonyl (C=O) groups is 2. The van der Waals surface area contributed by atoms with E-state index in [1.807, 2.05) is 42.3 Å². The van der Waals surface area contributed by atoms with Crippen LogP contribution in [0.5, 0.6) is 0 Å². The Morgan fingerprint density at radius 2 is 1.60 bits per heavy atom. The summed E-state index contributed by atoms with van der Waals surface area (Å²) in [6.45, 7) is 2.82. The molecule has 0 radical (unpaired) electrons. The van der Waals surface area contributed by atoms with E-state index in [2.05, 4.69) is 69.9 Å². The zero-order valence-electron chi connectivity index (χ0n) is 24.4. The number of nitrogens with zero attached hydrogens (tertiary/aromatic N) is 3. The van der Waals surface area contributed by atoms with Crippen LogP contribution >= 0.6 is 0 Å². The molecule has 43 heavy (non-hydrogen) atoms. The molecule has 3 aliphatic rings. The molecule has 7 nitrogen and oxygen atoms in total. The molecule has 1 fully saturated rings. The van der Waals surface area contributed by atoms with Gasteiger partial charge in [-0.05, 0) is 49.6 Å². The summed E-state index contributed by atoms with van der Waals surface area (Å²) in [6, 6.07) is 26.5. The Balaban J connectivity index is 1.43. The van der Waals surface area contributed by atoms with Crippen molar-refractivity contribution >= 4 is 55.4 Å². The number of rotatable bonds is 3. The Bertz CT molecular complexity index is 2180. The standard InChI is InChI=1S/C36H32N4O3/c1-36-18-21(17-27(33(36)43-3)38(2)35(42)20-11-5-4-6-12-20)39-25-15-9-7-13-22(25)29-30-24(19-37-34(30)41)28-23-14-8-10-16-26(23)40(36)32(28)31(29)39/h4-16,21,27,33H,17-19H2,1-3H3,(H,37,41). The Labute approximate surface area is 248 Å². The topological polar surface area (TPSA) is 68.5 Å². The molecule has 6 aromatic rings. The van der Waals surface area contributed by atoms with Gasteiger partial charge in [0.1, 0.15) is 6.10 Å². The molecule has 4 atom stereocenters. The number of ether oxygens (including phenoxy) is 1. The highest BCUT2D eigenvalue weighted by atomic mass is 16.5. The molecule has 214 valence electrons. The molecule has 2 amide bonds. The third-order valence-corrected chi connectivity index (χ3v) is 10.6. The zero-order valence-corrected chi connectivity index (χ0v) is 24.4. The number of benzene rings is 4. The van der Waals surface area contributed by atoms with Gasteiger partial charge in [-0.15, -0.1) is 0 Å². The summed E-state index contributed by atoms with van der Waals surface area (Å²) in [4.78, 5) is 29.4. The zero-order chi connectivity index (χ0) is 29.2. The highest BCUT2D eigenvalue weighted by molar-refractivity contribution is 6.31. The average Bonchev–Trinajstić information content (AvgIpc) is 3.68. The maximum atomic E-state index is 13.9. The second-order valence-electron chi connectivity index (χ2n) is 12.7. The number of hydrogen-bond acceptors (Lipinski definition) is 3. The van der Waals surface area contributed by atoms with Crippen molar-refractivity contribution in [2.45, 2.75) is 50.0 Å². The van der Waals surface area contributed by atoms with Crippen LogP contribution in [0.3, 0.4) is 0 Å². The average molecular weight is 569 g/mol. The molecule has 2 bridgehead atoms. The first-order valence-corrected chi connectivity index (χ1v) is 15.1. The highest BCUT2D eigenvalue weighted by Crippen LogP contribution is 2.55. The minimum absolute atomic E-state index is 0.00380. The molecule has 1 saturated carbocycles. The summed E-state index contributed by atoms with van der Waals surface area (Å²) in [5.74, 6) is -0.0102. The number of hydrogen-bond donors (Lipinski definition) is 1. The lowest BCUT2D eigenvalue weighted by atomic mass is 9.74. The van der Waals surface area contributed by atoms with Crippen LogP contribution in [0.25, 0.3) is 43.6 Å². The van der Waals surface area contributed by atoms with Crippen molar-refractivity contribution in [3.05, 3.63) is 95.6 Å². The van der Waals surface area contributed by atoms with Gasteiger partial charge >= 0.3 is 0 Å². The van der Waals surface area contributed by atoms with E-state index in [0.717, 1.165) is 67.6 Å². The summed E-state index contributed by atoms with van der Waals surface area (Å²) in [5, 5.41) is 7.59. The van der Waals surface area contributed by atoms with Crippen LogP contribution < -0.4 is 5.32 Å². The second-order valence-corrected chi connectivity index (χ2v) is 12.7. The van der Waals surface area contributed by atoms with E-state index in [1.54, 1.807) is 7.11 Å². The summed E-state index contributed by atoms with van der Waals surface area (Å²) < 4.78 is 11.5. The van der Waals surface area contributed by atoms with Crippen molar-refractivity contribution in [1.29, 1.82) is 0 Å². The van der Waals surface area contributed by atoms with Crippen LogP contribution in [0.4, 0.5) is 0 Å². The van der Waals surface area contributed by atoms with Gasteiger partial charge in [0.15, 0.2) is 0 Å². The third kappa shape index (κ3) is 2.98. The van der Waals surface area contributed by atoms with Gasteiger partial charge in [0.05, 0.1) is 28.2 Å². The van der Waals surface area contributed by atoms with Crippen LogP contribution in [0.2, 0.25) is 0 Å². The van der Waals surface area contributed by atoms with Gasteiger partial charge in [-0.2, -0.15) is 0 Å². The second kappa shape index (κ2) is 8.48. The number of likely N-dealkylation sites (N-methyl/N-ethyl adjacent to an activating group) is 1. The lowest BCUT2D eigenvalue weighted by molar-refractivity contribution is -0.0774. The normalized spacial score (nSPS) is 24.2. The number of aromatic nitrogens is 2. The number of carbonyl (C=O) groups excluding carboxylic acids is 2. The summed E-state index contributed by atoms with van der Waals surface area (Å²) >= 11 is 0. The minimum Gasteiger partial charge on any atom is -0.377 e. The van der Waals surface area contributed by atoms with Gasteiger partial charge < -0.3 is 24.1 Å². The van der Waals surface area contributed by atoms with Gasteiger partial charge in [-0.25, -0.2) is 0 Å². The van der Waals surface area contributed by atoms with Crippen molar-refractivity contribution in [3.8, 4) is 0 Å². The number of methoxy groups -OCH3 is 1. The first-order chi connectivity index (χ1) is 20.9. The van der Waals surface area contributed by atoms with Gasteiger partial charge in [0, 0.05) is 64.9 Å². The Morgan fingerprint density at radius 3 is 2.35 bits per heavy atom. The molecule has 4 heterocycles. The molecule has 2 aromatic heterocycles. The third-order valence-electron chi connectivity index (χ3n) is 10.6. The van der Waals surface area contributed by atoms with Crippen LogP contribution in [0.15, 0.2) is 78.9 Å². The summed E-state index contributed by atoms with van der Waals surface area (Å²) in [7, 11) is 3.71. The number of amides is 2. The maximum Gasteiger partial charge on any atom is 0.253 e. The number of nitrogens with one attached hydrogen (secondary N) is 1. The van der Waals surface area contributed by atoms with Crippen molar-refractivity contribution in [2.75, 3.05) is 14.2 Å². The Kier molecular flexibility index (Phi) is 4.92. The smallest absolute Gasteiger partial charge is 0.253 e. The minimum atomic E-state index is -0.480. The van der Waals surface area contributed by atoms with E-state index in [9.17, 15) is 9.59 Å². The number of fused-ring (bicyclic) bond motifs is 13. The van der Waals surface area contributed by atoms with Crippen LogP contribution in [0, 0.1) is 0 Å². The molecular weight excluding hydrogens is 536 g/mol. The van der Waals surface area contributed by atoms with E-state index in [-0.39, 0.29) is 30.0 Å². The summed E-state index contributed by atoms with van der Waals surface area (Å²) in [5.41, 5.74) is 6.61. The predicted octanol–water partition coefficient (Wildman–Crippen LogP) is 6.37. The molecule has 1 N–H and O–H groups in total. The molecule has 4 unspecified atom stereocenters. The Hall–Kier alpha value is -4.62. The van der Waals surface area contributed by atoms with E-state index < -0.39 is 5.54 Å². The fraction of sp³-hybridized carbons (Fsp3) is 0.278. The van der Waals surface area contributed by atoms with Crippen LogP contribution in [0.1, 0.15) is 52.1 Å².